The third kappa shape index (κ3) is 5.52. The quantitative estimate of drug-likeness (QED) is 0.830. The van der Waals surface area contributed by atoms with Gasteiger partial charge in [0.2, 0.25) is 0 Å². The second-order valence-electron chi connectivity index (χ2n) is 4.63. The molecule has 0 aliphatic carbocycles. The van der Waals surface area contributed by atoms with Crippen LogP contribution in [-0.2, 0) is 18.4 Å². The largest absolute Gasteiger partial charge is 0.445 e. The van der Waals surface area contributed by atoms with Gasteiger partial charge >= 0.3 is 6.09 Å². The van der Waals surface area contributed by atoms with Crippen molar-refractivity contribution >= 4 is 12.2 Å². The van der Waals surface area contributed by atoms with E-state index in [1.165, 1.54) is 0 Å². The summed E-state index contributed by atoms with van der Waals surface area (Å²) in [6.07, 6.45) is 8.04. The van der Waals surface area contributed by atoms with Crippen molar-refractivity contribution < 1.29 is 9.53 Å². The number of nitrogens with zero attached hydrogens (tertiary/aromatic N) is 2. The first kappa shape index (κ1) is 14.8. The number of benzene rings is 1. The van der Waals surface area contributed by atoms with Gasteiger partial charge in [-0.15, -0.1) is 0 Å². The Hall–Kier alpha value is -2.56. The monoisotopic (exact) mass is 285 g/mol. The molecule has 0 unspecified atom stereocenters. The number of carbonyl (C=O) groups excluding carboxylic acids is 1. The first-order valence-corrected chi connectivity index (χ1v) is 6.84. The number of aryl methyl sites for hydroxylation is 1. The average Bonchev–Trinajstić information content (AvgIpc) is 2.91. The lowest BCUT2D eigenvalue weighted by molar-refractivity contribution is 0.140. The molecule has 21 heavy (non-hydrogen) atoms. The Balaban J connectivity index is 1.60. The van der Waals surface area contributed by atoms with Crippen LogP contribution in [0.15, 0.2) is 48.8 Å². The third-order valence-electron chi connectivity index (χ3n) is 2.83. The Bertz CT molecular complexity index is 591. The van der Waals surface area contributed by atoms with Gasteiger partial charge in [0.1, 0.15) is 6.61 Å². The van der Waals surface area contributed by atoms with Crippen molar-refractivity contribution in [1.82, 2.24) is 15.1 Å². The van der Waals surface area contributed by atoms with Crippen LogP contribution >= 0.6 is 0 Å². The van der Waals surface area contributed by atoms with Gasteiger partial charge in [0.15, 0.2) is 0 Å². The summed E-state index contributed by atoms with van der Waals surface area (Å²) in [7, 11) is 1.88. The van der Waals surface area contributed by atoms with Crippen LogP contribution in [-0.4, -0.2) is 22.4 Å². The Morgan fingerprint density at radius 3 is 2.90 bits per heavy atom. The zero-order chi connectivity index (χ0) is 14.9. The van der Waals surface area contributed by atoms with Gasteiger partial charge in [-0.05, 0) is 12.0 Å². The molecular weight excluding hydrogens is 266 g/mol. The van der Waals surface area contributed by atoms with Crippen LogP contribution in [0.4, 0.5) is 4.79 Å². The molecular formula is C16H19N3O2. The van der Waals surface area contributed by atoms with E-state index in [1.54, 1.807) is 10.9 Å². The number of alkyl carbamates (subject to hydrolysis) is 1. The summed E-state index contributed by atoms with van der Waals surface area (Å²) in [4.78, 5) is 11.5. The number of ether oxygens (including phenoxy) is 1. The number of rotatable bonds is 6. The zero-order valence-corrected chi connectivity index (χ0v) is 12.0. The Labute approximate surface area is 124 Å². The maximum atomic E-state index is 11.5. The molecule has 0 spiro atoms. The van der Waals surface area contributed by atoms with Crippen LogP contribution in [0.3, 0.4) is 0 Å². The predicted octanol–water partition coefficient (Wildman–Crippen LogP) is 2.75. The lowest BCUT2D eigenvalue weighted by atomic mass is 10.2. The molecule has 0 aliphatic heterocycles. The van der Waals surface area contributed by atoms with Gasteiger partial charge < -0.3 is 10.1 Å². The van der Waals surface area contributed by atoms with Crippen LogP contribution in [0.1, 0.15) is 17.5 Å². The average molecular weight is 285 g/mol. The van der Waals surface area contributed by atoms with Gasteiger partial charge in [0.25, 0.3) is 0 Å². The van der Waals surface area contributed by atoms with Gasteiger partial charge in [-0.2, -0.15) is 5.10 Å². The van der Waals surface area contributed by atoms with Crippen molar-refractivity contribution in [3.05, 3.63) is 59.9 Å². The van der Waals surface area contributed by atoms with E-state index in [0.29, 0.717) is 6.54 Å². The first-order chi connectivity index (χ1) is 10.2. The number of hydrogen-bond donors (Lipinski definition) is 1. The summed E-state index contributed by atoms with van der Waals surface area (Å²) in [6, 6.07) is 9.60. The smallest absolute Gasteiger partial charge is 0.407 e. The molecule has 2 aromatic rings. The Morgan fingerprint density at radius 2 is 2.19 bits per heavy atom. The maximum Gasteiger partial charge on any atom is 0.407 e. The summed E-state index contributed by atoms with van der Waals surface area (Å²) < 4.78 is 6.86. The highest BCUT2D eigenvalue weighted by Crippen LogP contribution is 2.01. The van der Waals surface area contributed by atoms with Gasteiger partial charge in [-0.1, -0.05) is 42.5 Å². The van der Waals surface area contributed by atoms with E-state index in [-0.39, 0.29) is 6.61 Å². The van der Waals surface area contributed by atoms with E-state index in [1.807, 2.05) is 55.7 Å². The molecule has 110 valence electrons. The summed E-state index contributed by atoms with van der Waals surface area (Å²) >= 11 is 0. The molecule has 0 bridgehead atoms. The summed E-state index contributed by atoms with van der Waals surface area (Å²) in [5.74, 6) is 0. The minimum atomic E-state index is -0.395. The van der Waals surface area contributed by atoms with Gasteiger partial charge in [-0.25, -0.2) is 4.79 Å². The van der Waals surface area contributed by atoms with Crippen LogP contribution in [0, 0.1) is 0 Å². The normalized spacial score (nSPS) is 10.7. The summed E-state index contributed by atoms with van der Waals surface area (Å²) in [5, 5.41) is 6.78. The fourth-order valence-corrected chi connectivity index (χ4v) is 1.78. The molecule has 1 heterocycles. The van der Waals surface area contributed by atoms with Crippen molar-refractivity contribution in [3.63, 3.8) is 0 Å². The third-order valence-corrected chi connectivity index (χ3v) is 2.83. The highest BCUT2D eigenvalue weighted by Gasteiger charge is 2.00. The number of hydrogen-bond acceptors (Lipinski definition) is 3. The maximum absolute atomic E-state index is 11.5. The van der Waals surface area contributed by atoms with Crippen molar-refractivity contribution in [2.24, 2.45) is 7.05 Å². The Kier molecular flexibility index (Phi) is 5.58. The molecule has 0 saturated carbocycles. The molecule has 1 aromatic carbocycles. The van der Waals surface area contributed by atoms with Crippen molar-refractivity contribution in [1.29, 1.82) is 0 Å². The molecule has 1 amide bonds. The highest BCUT2D eigenvalue weighted by atomic mass is 16.5. The first-order valence-electron chi connectivity index (χ1n) is 6.84. The van der Waals surface area contributed by atoms with E-state index in [2.05, 4.69) is 10.4 Å². The van der Waals surface area contributed by atoms with Crippen LogP contribution in [0.5, 0.6) is 0 Å². The second kappa shape index (κ2) is 7.89. The minimum Gasteiger partial charge on any atom is -0.445 e. The number of carbonyl (C=O) groups is 1. The summed E-state index contributed by atoms with van der Waals surface area (Å²) in [6.45, 7) is 0.836. The number of amides is 1. The van der Waals surface area contributed by atoms with E-state index in [9.17, 15) is 4.79 Å². The van der Waals surface area contributed by atoms with Crippen molar-refractivity contribution in [3.8, 4) is 0 Å². The standard InChI is InChI=1S/C16H19N3O2/c1-19-12-15(11-18-19)9-5-6-10-17-16(20)21-13-14-7-3-2-4-8-14/h2-5,7-9,11-12H,6,10,13H2,1H3,(H,17,20). The van der Waals surface area contributed by atoms with Gasteiger partial charge in [0, 0.05) is 25.4 Å². The Morgan fingerprint density at radius 1 is 1.38 bits per heavy atom. The molecule has 0 aliphatic rings. The molecule has 5 nitrogen and oxygen atoms in total. The van der Waals surface area contributed by atoms with E-state index in [4.69, 9.17) is 4.74 Å². The van der Waals surface area contributed by atoms with Gasteiger partial charge in [-0.3, -0.25) is 4.68 Å². The van der Waals surface area contributed by atoms with E-state index in [0.717, 1.165) is 17.5 Å². The minimum absolute atomic E-state index is 0.290. The summed E-state index contributed by atoms with van der Waals surface area (Å²) in [5.41, 5.74) is 2.02. The molecule has 0 fully saturated rings. The van der Waals surface area contributed by atoms with E-state index >= 15 is 0 Å². The molecule has 5 heteroatoms. The predicted molar refractivity (Wildman–Crippen MR) is 81.5 cm³/mol. The molecule has 0 saturated heterocycles. The number of aromatic nitrogens is 2. The van der Waals surface area contributed by atoms with Crippen molar-refractivity contribution in [2.75, 3.05) is 6.54 Å². The fraction of sp³-hybridized carbons (Fsp3) is 0.250. The second-order valence-corrected chi connectivity index (χ2v) is 4.63. The fourth-order valence-electron chi connectivity index (χ4n) is 1.78. The SMILES string of the molecule is Cn1cc(C=CCCNC(=O)OCc2ccccc2)cn1. The van der Waals surface area contributed by atoms with E-state index < -0.39 is 6.09 Å². The van der Waals surface area contributed by atoms with Crippen molar-refractivity contribution in [2.45, 2.75) is 13.0 Å². The lowest BCUT2D eigenvalue weighted by Crippen LogP contribution is -2.24. The topological polar surface area (TPSA) is 56.2 Å². The molecule has 2 rings (SSSR count). The van der Waals surface area contributed by atoms with Crippen LogP contribution < -0.4 is 5.32 Å². The molecule has 0 radical (unpaired) electrons. The molecule has 0 atom stereocenters. The van der Waals surface area contributed by atoms with Crippen LogP contribution in [0.2, 0.25) is 0 Å². The molecule has 1 aromatic heterocycles. The number of nitrogens with one attached hydrogen (secondary N) is 1. The zero-order valence-electron chi connectivity index (χ0n) is 12.0. The van der Waals surface area contributed by atoms with Crippen LogP contribution in [0.25, 0.3) is 6.08 Å². The van der Waals surface area contributed by atoms with Gasteiger partial charge in [0.05, 0.1) is 6.20 Å². The molecule has 1 N–H and O–H groups in total. The lowest BCUT2D eigenvalue weighted by Gasteiger charge is -2.05. The highest BCUT2D eigenvalue weighted by molar-refractivity contribution is 5.67.